The van der Waals surface area contributed by atoms with Crippen molar-refractivity contribution in [3.63, 3.8) is 0 Å². The van der Waals surface area contributed by atoms with E-state index in [0.717, 1.165) is 15.9 Å². The Labute approximate surface area is 138 Å². The van der Waals surface area contributed by atoms with Gasteiger partial charge in [-0.2, -0.15) is 0 Å². The number of para-hydroxylation sites is 2. The number of aromatic nitrogens is 1. The van der Waals surface area contributed by atoms with Crippen molar-refractivity contribution in [2.75, 3.05) is 10.6 Å². The SMILES string of the molecule is Cl.Cl.O=C(Nc1ccccc1)Nc1nc2ccccc2s1. The Kier molecular flexibility index (Phi) is 6.42. The minimum absolute atomic E-state index is 0. The summed E-state index contributed by atoms with van der Waals surface area (Å²) in [7, 11) is 0. The molecule has 0 aliphatic rings. The fraction of sp³-hybridized carbons (Fsp3) is 0. The van der Waals surface area contributed by atoms with Crippen LogP contribution in [0.1, 0.15) is 0 Å². The molecule has 0 aliphatic carbocycles. The molecule has 7 heteroatoms. The molecule has 1 heterocycles. The van der Waals surface area contributed by atoms with Crippen LogP contribution in [0.4, 0.5) is 15.6 Å². The minimum atomic E-state index is -0.287. The Balaban J connectivity index is 0.00000110. The van der Waals surface area contributed by atoms with Crippen molar-refractivity contribution in [1.29, 1.82) is 0 Å². The van der Waals surface area contributed by atoms with Crippen LogP contribution in [0.15, 0.2) is 54.6 Å². The third-order valence-corrected chi connectivity index (χ3v) is 3.50. The predicted molar refractivity (Wildman–Crippen MR) is 93.2 cm³/mol. The van der Waals surface area contributed by atoms with Crippen LogP contribution in [0.3, 0.4) is 0 Å². The molecule has 2 N–H and O–H groups in total. The van der Waals surface area contributed by atoms with Crippen molar-refractivity contribution >= 4 is 63.2 Å². The zero-order valence-electron chi connectivity index (χ0n) is 10.8. The van der Waals surface area contributed by atoms with Gasteiger partial charge in [-0.15, -0.1) is 24.8 Å². The Morgan fingerprint density at radius 1 is 0.905 bits per heavy atom. The summed E-state index contributed by atoms with van der Waals surface area (Å²) in [4.78, 5) is 16.1. The van der Waals surface area contributed by atoms with Gasteiger partial charge < -0.3 is 5.32 Å². The molecule has 0 fully saturated rings. The monoisotopic (exact) mass is 341 g/mol. The molecule has 0 bridgehead atoms. The van der Waals surface area contributed by atoms with E-state index in [-0.39, 0.29) is 30.8 Å². The Morgan fingerprint density at radius 3 is 2.29 bits per heavy atom. The first-order valence-electron chi connectivity index (χ1n) is 5.80. The molecule has 4 nitrogen and oxygen atoms in total. The number of urea groups is 1. The number of nitrogens with zero attached hydrogens (tertiary/aromatic N) is 1. The fourth-order valence-electron chi connectivity index (χ4n) is 1.71. The van der Waals surface area contributed by atoms with E-state index in [1.165, 1.54) is 11.3 Å². The number of amides is 2. The topological polar surface area (TPSA) is 54.0 Å². The normalized spacial score (nSPS) is 9.33. The van der Waals surface area contributed by atoms with E-state index in [9.17, 15) is 4.79 Å². The number of nitrogens with one attached hydrogen (secondary N) is 2. The van der Waals surface area contributed by atoms with Crippen LogP contribution in [0.25, 0.3) is 10.2 Å². The molecule has 110 valence electrons. The van der Waals surface area contributed by atoms with Crippen molar-refractivity contribution in [1.82, 2.24) is 4.98 Å². The number of halogens is 2. The smallest absolute Gasteiger partial charge is 0.308 e. The lowest BCUT2D eigenvalue weighted by molar-refractivity contribution is 0.262. The lowest BCUT2D eigenvalue weighted by atomic mass is 10.3. The van der Waals surface area contributed by atoms with E-state index >= 15 is 0 Å². The number of carbonyl (C=O) groups excluding carboxylic acids is 1. The minimum Gasteiger partial charge on any atom is -0.308 e. The summed E-state index contributed by atoms with van der Waals surface area (Å²) in [6, 6.07) is 16.8. The summed E-state index contributed by atoms with van der Waals surface area (Å²) in [5.74, 6) is 0. The largest absolute Gasteiger partial charge is 0.325 e. The number of carbonyl (C=O) groups is 1. The number of hydrogen-bond donors (Lipinski definition) is 2. The average molecular weight is 342 g/mol. The highest BCUT2D eigenvalue weighted by molar-refractivity contribution is 7.22. The molecule has 1 aromatic heterocycles. The van der Waals surface area contributed by atoms with Crippen molar-refractivity contribution in [2.45, 2.75) is 0 Å². The highest BCUT2D eigenvalue weighted by Gasteiger charge is 2.07. The van der Waals surface area contributed by atoms with Gasteiger partial charge in [0.1, 0.15) is 0 Å². The Morgan fingerprint density at radius 2 is 1.57 bits per heavy atom. The number of rotatable bonds is 2. The Hall–Kier alpha value is -1.82. The van der Waals surface area contributed by atoms with Gasteiger partial charge in [0.25, 0.3) is 0 Å². The highest BCUT2D eigenvalue weighted by atomic mass is 35.5. The molecular weight excluding hydrogens is 329 g/mol. The molecule has 0 saturated carbocycles. The number of thiazole rings is 1. The Bertz CT molecular complexity index is 685. The van der Waals surface area contributed by atoms with E-state index < -0.39 is 0 Å². The number of fused-ring (bicyclic) bond motifs is 1. The first-order chi connectivity index (χ1) is 9.31. The number of hydrogen-bond acceptors (Lipinski definition) is 3. The second-order valence-corrected chi connectivity index (χ2v) is 4.96. The van der Waals surface area contributed by atoms with Crippen LogP contribution >= 0.6 is 36.2 Å². The van der Waals surface area contributed by atoms with Crippen molar-refractivity contribution in [3.05, 3.63) is 54.6 Å². The van der Waals surface area contributed by atoms with E-state index in [1.54, 1.807) is 0 Å². The zero-order valence-corrected chi connectivity index (χ0v) is 13.2. The van der Waals surface area contributed by atoms with Gasteiger partial charge in [0.05, 0.1) is 10.2 Å². The average Bonchev–Trinajstić information content (AvgIpc) is 2.81. The van der Waals surface area contributed by atoms with Gasteiger partial charge >= 0.3 is 6.03 Å². The van der Waals surface area contributed by atoms with Crippen LogP contribution in [-0.2, 0) is 0 Å². The molecule has 0 saturated heterocycles. The van der Waals surface area contributed by atoms with Gasteiger partial charge in [0.15, 0.2) is 5.13 Å². The van der Waals surface area contributed by atoms with E-state index in [1.807, 2.05) is 54.6 Å². The fourth-order valence-corrected chi connectivity index (χ4v) is 2.57. The third-order valence-electron chi connectivity index (χ3n) is 2.55. The van der Waals surface area contributed by atoms with Gasteiger partial charge in [0, 0.05) is 5.69 Å². The van der Waals surface area contributed by atoms with Crippen LogP contribution in [0, 0.1) is 0 Å². The van der Waals surface area contributed by atoms with Crippen molar-refractivity contribution in [3.8, 4) is 0 Å². The molecule has 0 unspecified atom stereocenters. The summed E-state index contributed by atoms with van der Waals surface area (Å²) in [6.45, 7) is 0. The standard InChI is InChI=1S/C14H11N3OS.2ClH/c18-13(15-10-6-2-1-3-7-10)17-14-16-11-8-4-5-9-12(11)19-14;;/h1-9H,(H2,15,16,17,18);2*1H. The number of anilines is 2. The summed E-state index contributed by atoms with van der Waals surface area (Å²) < 4.78 is 1.05. The molecule has 0 atom stereocenters. The summed E-state index contributed by atoms with van der Waals surface area (Å²) in [6.07, 6.45) is 0. The second kappa shape index (κ2) is 7.83. The van der Waals surface area contributed by atoms with Gasteiger partial charge in [-0.3, -0.25) is 5.32 Å². The molecule has 0 radical (unpaired) electrons. The molecule has 2 amide bonds. The summed E-state index contributed by atoms with van der Waals surface area (Å²) >= 11 is 1.45. The maximum atomic E-state index is 11.8. The quantitative estimate of drug-likeness (QED) is 0.704. The van der Waals surface area contributed by atoms with Crippen LogP contribution < -0.4 is 10.6 Å². The maximum Gasteiger partial charge on any atom is 0.325 e. The molecule has 2 aromatic carbocycles. The van der Waals surface area contributed by atoms with E-state index in [4.69, 9.17) is 0 Å². The van der Waals surface area contributed by atoms with Gasteiger partial charge in [-0.1, -0.05) is 41.7 Å². The first-order valence-corrected chi connectivity index (χ1v) is 6.61. The third kappa shape index (κ3) is 4.32. The van der Waals surface area contributed by atoms with Crippen LogP contribution in [0.2, 0.25) is 0 Å². The van der Waals surface area contributed by atoms with Crippen molar-refractivity contribution in [2.24, 2.45) is 0 Å². The molecule has 0 spiro atoms. The highest BCUT2D eigenvalue weighted by Crippen LogP contribution is 2.25. The zero-order chi connectivity index (χ0) is 13.1. The molecule has 3 rings (SSSR count). The van der Waals surface area contributed by atoms with Gasteiger partial charge in [-0.05, 0) is 24.3 Å². The summed E-state index contributed by atoms with van der Waals surface area (Å²) in [5, 5.41) is 6.08. The van der Waals surface area contributed by atoms with Crippen LogP contribution in [0.5, 0.6) is 0 Å². The predicted octanol–water partition coefficient (Wildman–Crippen LogP) is 4.78. The lowest BCUT2D eigenvalue weighted by Crippen LogP contribution is -2.19. The molecule has 0 aliphatic heterocycles. The second-order valence-electron chi connectivity index (χ2n) is 3.93. The van der Waals surface area contributed by atoms with Crippen molar-refractivity contribution < 1.29 is 4.79 Å². The van der Waals surface area contributed by atoms with Crippen LogP contribution in [-0.4, -0.2) is 11.0 Å². The van der Waals surface area contributed by atoms with Gasteiger partial charge in [0.2, 0.25) is 0 Å². The van der Waals surface area contributed by atoms with E-state index in [0.29, 0.717) is 5.13 Å². The molecular formula is C14H13Cl2N3OS. The summed E-state index contributed by atoms with van der Waals surface area (Å²) in [5.41, 5.74) is 1.64. The number of benzene rings is 2. The van der Waals surface area contributed by atoms with E-state index in [2.05, 4.69) is 15.6 Å². The lowest BCUT2D eigenvalue weighted by Gasteiger charge is -2.04. The molecule has 21 heavy (non-hydrogen) atoms. The molecule has 3 aromatic rings. The maximum absolute atomic E-state index is 11.8. The van der Waals surface area contributed by atoms with Gasteiger partial charge in [-0.25, -0.2) is 9.78 Å². The first kappa shape index (κ1) is 17.2.